The molecule has 3 rings (SSSR count). The number of ether oxygens (including phenoxy) is 2. The lowest BCUT2D eigenvalue weighted by Gasteiger charge is -2.40. The maximum absolute atomic E-state index is 12.8. The van der Waals surface area contributed by atoms with Crippen molar-refractivity contribution in [1.29, 1.82) is 0 Å². The molecule has 0 spiro atoms. The first-order chi connectivity index (χ1) is 12.0. The van der Waals surface area contributed by atoms with Crippen molar-refractivity contribution in [2.24, 2.45) is 4.99 Å². The van der Waals surface area contributed by atoms with Crippen LogP contribution in [0, 0.1) is 0 Å². The Morgan fingerprint density at radius 2 is 1.60 bits per heavy atom. The van der Waals surface area contributed by atoms with Crippen molar-refractivity contribution in [3.05, 3.63) is 71.8 Å². The van der Waals surface area contributed by atoms with E-state index in [0.717, 1.165) is 16.8 Å². The van der Waals surface area contributed by atoms with Gasteiger partial charge in [-0.2, -0.15) is 0 Å². The topological polar surface area (TPSA) is 47.9 Å². The molecule has 1 aliphatic rings. The van der Waals surface area contributed by atoms with Crippen LogP contribution in [0.1, 0.15) is 25.0 Å². The summed E-state index contributed by atoms with van der Waals surface area (Å²) in [5.41, 5.74) is 0.874. The van der Waals surface area contributed by atoms with Crippen LogP contribution < -0.4 is 0 Å². The summed E-state index contributed by atoms with van der Waals surface area (Å²) in [7, 11) is 1.60. The molecular formula is C21H23NO3. The molecule has 130 valence electrons. The number of hydrogen-bond acceptors (Lipinski definition) is 4. The number of aliphatic imine (C=N–C) groups is 1. The zero-order valence-electron chi connectivity index (χ0n) is 14.9. The van der Waals surface area contributed by atoms with Crippen molar-refractivity contribution < 1.29 is 14.3 Å². The Kier molecular flexibility index (Phi) is 4.73. The first-order valence-corrected chi connectivity index (χ1v) is 8.39. The first kappa shape index (κ1) is 17.4. The minimum atomic E-state index is -0.959. The Hall–Kier alpha value is -2.46. The van der Waals surface area contributed by atoms with Crippen molar-refractivity contribution in [3.63, 3.8) is 0 Å². The van der Waals surface area contributed by atoms with E-state index in [-0.39, 0.29) is 12.6 Å². The third-order valence-electron chi connectivity index (χ3n) is 4.48. The summed E-state index contributed by atoms with van der Waals surface area (Å²) < 4.78 is 11.2. The number of esters is 1. The molecule has 0 saturated heterocycles. The molecule has 0 amide bonds. The SMILES string of the molecule is COC[C@]1(C)OC(=O)[C@@](C)(Cc2ccccc2)N=C1c1ccccc1. The van der Waals surface area contributed by atoms with Crippen LogP contribution in [0.5, 0.6) is 0 Å². The van der Waals surface area contributed by atoms with Crippen molar-refractivity contribution >= 4 is 11.7 Å². The molecule has 0 saturated carbocycles. The Balaban J connectivity index is 2.06. The predicted molar refractivity (Wildman–Crippen MR) is 97.9 cm³/mol. The molecule has 25 heavy (non-hydrogen) atoms. The van der Waals surface area contributed by atoms with E-state index in [1.54, 1.807) is 7.11 Å². The fourth-order valence-corrected chi connectivity index (χ4v) is 3.22. The van der Waals surface area contributed by atoms with Crippen LogP contribution in [0.2, 0.25) is 0 Å². The molecule has 2 aromatic rings. The molecule has 0 unspecified atom stereocenters. The number of carbonyl (C=O) groups excluding carboxylic acids is 1. The van der Waals surface area contributed by atoms with Crippen LogP contribution >= 0.6 is 0 Å². The number of benzene rings is 2. The van der Waals surface area contributed by atoms with E-state index >= 15 is 0 Å². The molecule has 2 atom stereocenters. The zero-order chi connectivity index (χ0) is 17.9. The van der Waals surface area contributed by atoms with Gasteiger partial charge in [0, 0.05) is 13.5 Å². The monoisotopic (exact) mass is 337 g/mol. The second-order valence-electron chi connectivity index (χ2n) is 6.82. The molecule has 2 aromatic carbocycles. The third kappa shape index (κ3) is 3.49. The maximum Gasteiger partial charge on any atom is 0.335 e. The molecule has 0 aliphatic carbocycles. The number of methoxy groups -OCH3 is 1. The van der Waals surface area contributed by atoms with Gasteiger partial charge in [0.05, 0.1) is 12.3 Å². The van der Waals surface area contributed by atoms with E-state index in [4.69, 9.17) is 14.5 Å². The zero-order valence-corrected chi connectivity index (χ0v) is 14.9. The average Bonchev–Trinajstić information content (AvgIpc) is 2.60. The predicted octanol–water partition coefficient (Wildman–Crippen LogP) is 3.44. The lowest BCUT2D eigenvalue weighted by Crippen LogP contribution is -2.55. The highest BCUT2D eigenvalue weighted by atomic mass is 16.6. The second-order valence-corrected chi connectivity index (χ2v) is 6.82. The van der Waals surface area contributed by atoms with E-state index < -0.39 is 11.1 Å². The average molecular weight is 337 g/mol. The molecule has 0 radical (unpaired) electrons. The van der Waals surface area contributed by atoms with Gasteiger partial charge in [-0.25, -0.2) is 4.79 Å². The first-order valence-electron chi connectivity index (χ1n) is 8.39. The van der Waals surface area contributed by atoms with Crippen LogP contribution in [0.3, 0.4) is 0 Å². The van der Waals surface area contributed by atoms with Crippen LogP contribution in [0.4, 0.5) is 0 Å². The standard InChI is InChI=1S/C21H23NO3/c1-20(14-16-10-6-4-7-11-16)19(23)25-21(2,15-24-3)18(22-20)17-12-8-5-9-13-17/h4-13H,14-15H2,1-3H3/t20-,21+/m1/s1. The molecule has 0 fully saturated rings. The summed E-state index contributed by atoms with van der Waals surface area (Å²) in [4.78, 5) is 17.7. The quantitative estimate of drug-likeness (QED) is 0.785. The van der Waals surface area contributed by atoms with Gasteiger partial charge in [-0.1, -0.05) is 60.7 Å². The molecule has 1 heterocycles. The summed E-state index contributed by atoms with van der Waals surface area (Å²) in [6.07, 6.45) is 0.492. The van der Waals surface area contributed by atoms with Crippen molar-refractivity contribution in [2.45, 2.75) is 31.4 Å². The van der Waals surface area contributed by atoms with Gasteiger partial charge in [0.25, 0.3) is 0 Å². The number of rotatable bonds is 5. The Labute approximate surface area is 148 Å². The van der Waals surface area contributed by atoms with Crippen molar-refractivity contribution in [2.75, 3.05) is 13.7 Å². The van der Waals surface area contributed by atoms with Crippen molar-refractivity contribution in [1.82, 2.24) is 0 Å². The summed E-state index contributed by atoms with van der Waals surface area (Å²) in [5.74, 6) is -0.324. The number of cyclic esters (lactones) is 1. The number of nitrogens with zero attached hydrogens (tertiary/aromatic N) is 1. The lowest BCUT2D eigenvalue weighted by molar-refractivity contribution is -0.163. The highest BCUT2D eigenvalue weighted by molar-refractivity contribution is 6.10. The second kappa shape index (κ2) is 6.81. The van der Waals surface area contributed by atoms with Crippen molar-refractivity contribution in [3.8, 4) is 0 Å². The summed E-state index contributed by atoms with van der Waals surface area (Å²) in [6, 6.07) is 19.7. The van der Waals surface area contributed by atoms with Gasteiger partial charge in [-0.3, -0.25) is 4.99 Å². The minimum Gasteiger partial charge on any atom is -0.449 e. The van der Waals surface area contributed by atoms with Gasteiger partial charge >= 0.3 is 5.97 Å². The molecule has 1 aliphatic heterocycles. The van der Waals surface area contributed by atoms with E-state index in [1.807, 2.05) is 74.5 Å². The van der Waals surface area contributed by atoms with Gasteiger partial charge in [0.2, 0.25) is 0 Å². The van der Waals surface area contributed by atoms with E-state index in [9.17, 15) is 4.79 Å². The molecule has 4 heteroatoms. The normalized spacial score (nSPS) is 26.0. The third-order valence-corrected chi connectivity index (χ3v) is 4.48. The van der Waals surface area contributed by atoms with Gasteiger partial charge in [0.15, 0.2) is 11.1 Å². The molecule has 4 nitrogen and oxygen atoms in total. The summed E-state index contributed by atoms with van der Waals surface area (Å²) in [6.45, 7) is 3.94. The van der Waals surface area contributed by atoms with Gasteiger partial charge in [-0.05, 0) is 25.0 Å². The van der Waals surface area contributed by atoms with Crippen LogP contribution in [-0.4, -0.2) is 36.5 Å². The van der Waals surface area contributed by atoms with E-state index in [1.165, 1.54) is 0 Å². The fourth-order valence-electron chi connectivity index (χ4n) is 3.22. The van der Waals surface area contributed by atoms with Crippen LogP contribution in [0.15, 0.2) is 65.7 Å². The maximum atomic E-state index is 12.8. The fraction of sp³-hybridized carbons (Fsp3) is 0.333. The number of hydrogen-bond donors (Lipinski definition) is 0. The molecule has 0 bridgehead atoms. The van der Waals surface area contributed by atoms with Gasteiger partial charge < -0.3 is 9.47 Å². The largest absolute Gasteiger partial charge is 0.449 e. The van der Waals surface area contributed by atoms with E-state index in [0.29, 0.717) is 6.42 Å². The van der Waals surface area contributed by atoms with Gasteiger partial charge in [0.1, 0.15) is 0 Å². The van der Waals surface area contributed by atoms with Gasteiger partial charge in [-0.15, -0.1) is 0 Å². The number of carbonyl (C=O) groups is 1. The van der Waals surface area contributed by atoms with Crippen LogP contribution in [-0.2, 0) is 20.7 Å². The minimum absolute atomic E-state index is 0.258. The highest BCUT2D eigenvalue weighted by Crippen LogP contribution is 2.32. The molecule has 0 aromatic heterocycles. The smallest absolute Gasteiger partial charge is 0.335 e. The highest BCUT2D eigenvalue weighted by Gasteiger charge is 2.48. The summed E-state index contributed by atoms with van der Waals surface area (Å²) in [5, 5.41) is 0. The Morgan fingerprint density at radius 1 is 1.00 bits per heavy atom. The summed E-state index contributed by atoms with van der Waals surface area (Å²) >= 11 is 0. The molecule has 0 N–H and O–H groups in total. The van der Waals surface area contributed by atoms with E-state index in [2.05, 4.69) is 0 Å². The Bertz CT molecular complexity index is 772. The lowest BCUT2D eigenvalue weighted by atomic mass is 9.86. The Morgan fingerprint density at radius 3 is 2.20 bits per heavy atom. The van der Waals surface area contributed by atoms with Crippen LogP contribution in [0.25, 0.3) is 0 Å². The molecular weight excluding hydrogens is 314 g/mol.